The Balaban J connectivity index is 1.60. The second kappa shape index (κ2) is 8.48. The van der Waals surface area contributed by atoms with Crippen molar-refractivity contribution in [3.05, 3.63) is 59.0 Å². The summed E-state index contributed by atoms with van der Waals surface area (Å²) in [4.78, 5) is 0.187. The smallest absolute Gasteiger partial charge is 0.204 e. The molecule has 4 rings (SSSR count). The first-order valence-corrected chi connectivity index (χ1v) is 13.1. The van der Waals surface area contributed by atoms with Crippen LogP contribution in [0.4, 0.5) is 0 Å². The first kappa shape index (κ1) is 23.3. The van der Waals surface area contributed by atoms with Gasteiger partial charge in [-0.3, -0.25) is 0 Å². The second-order valence-corrected chi connectivity index (χ2v) is 11.3. The van der Waals surface area contributed by atoms with E-state index in [0.29, 0.717) is 35.8 Å². The third kappa shape index (κ3) is 4.46. The van der Waals surface area contributed by atoms with E-state index >= 15 is 0 Å². The summed E-state index contributed by atoms with van der Waals surface area (Å²) in [5.41, 5.74) is 0.769. The van der Waals surface area contributed by atoms with E-state index in [1.54, 1.807) is 36.4 Å². The molecule has 0 aliphatic carbocycles. The van der Waals surface area contributed by atoms with Crippen LogP contribution in [0.2, 0.25) is 0 Å². The number of benzene rings is 2. The Morgan fingerprint density at radius 3 is 2.44 bits per heavy atom. The summed E-state index contributed by atoms with van der Waals surface area (Å²) in [6.07, 6.45) is 0. The summed E-state index contributed by atoms with van der Waals surface area (Å²) in [6.45, 7) is 9.02. The van der Waals surface area contributed by atoms with E-state index in [2.05, 4.69) is 22.9 Å². The number of sulfone groups is 1. The molecule has 2 unspecified atom stereocenters. The highest BCUT2D eigenvalue weighted by molar-refractivity contribution is 9.09. The monoisotopic (exact) mass is 522 g/mol. The maximum atomic E-state index is 12.9. The van der Waals surface area contributed by atoms with Gasteiger partial charge in [-0.05, 0) is 57.2 Å². The van der Waals surface area contributed by atoms with Crippen molar-refractivity contribution in [3.63, 3.8) is 0 Å². The fourth-order valence-electron chi connectivity index (χ4n) is 3.74. The molecule has 2 atom stereocenters. The van der Waals surface area contributed by atoms with Crippen LogP contribution in [0.25, 0.3) is 5.76 Å². The van der Waals surface area contributed by atoms with Crippen LogP contribution in [0.5, 0.6) is 11.5 Å². The largest absolute Gasteiger partial charge is 0.493 e. The predicted octanol–water partition coefficient (Wildman–Crippen LogP) is 5.26. The summed E-state index contributed by atoms with van der Waals surface area (Å²) in [5, 5.41) is 1.90. The number of ether oxygens (including phenoxy) is 4. The third-order valence-corrected chi connectivity index (χ3v) is 7.79. The van der Waals surface area contributed by atoms with Crippen LogP contribution >= 0.6 is 15.9 Å². The van der Waals surface area contributed by atoms with Crippen molar-refractivity contribution in [3.8, 4) is 11.5 Å². The Morgan fingerprint density at radius 1 is 1.09 bits per heavy atom. The van der Waals surface area contributed by atoms with Crippen LogP contribution in [-0.2, 0) is 25.1 Å². The lowest BCUT2D eigenvalue weighted by Crippen LogP contribution is -2.50. The molecule has 2 aromatic rings. The van der Waals surface area contributed by atoms with E-state index in [1.165, 1.54) is 0 Å². The van der Waals surface area contributed by atoms with Gasteiger partial charge in [-0.15, -0.1) is 0 Å². The van der Waals surface area contributed by atoms with Crippen molar-refractivity contribution < 1.29 is 27.4 Å². The van der Waals surface area contributed by atoms with Crippen molar-refractivity contribution in [2.45, 2.75) is 44.0 Å². The summed E-state index contributed by atoms with van der Waals surface area (Å²) in [5.74, 6) is 0.704. The zero-order valence-corrected chi connectivity index (χ0v) is 21.0. The maximum absolute atomic E-state index is 12.9. The highest BCUT2D eigenvalue weighted by Gasteiger charge is 2.44. The number of hydrogen-bond donors (Lipinski definition) is 0. The van der Waals surface area contributed by atoms with Crippen LogP contribution in [0.1, 0.15) is 38.8 Å². The molecule has 0 spiro atoms. The quantitative estimate of drug-likeness (QED) is 0.482. The molecule has 1 saturated heterocycles. The normalized spacial score (nSPS) is 25.7. The maximum Gasteiger partial charge on any atom is 0.204 e. The zero-order valence-electron chi connectivity index (χ0n) is 18.6. The van der Waals surface area contributed by atoms with Crippen LogP contribution in [0, 0.1) is 5.92 Å². The van der Waals surface area contributed by atoms with Crippen molar-refractivity contribution in [2.24, 2.45) is 5.92 Å². The van der Waals surface area contributed by atoms with Crippen molar-refractivity contribution in [1.29, 1.82) is 0 Å². The molecule has 0 bridgehead atoms. The summed E-state index contributed by atoms with van der Waals surface area (Å²) >= 11 is 3.32. The van der Waals surface area contributed by atoms with Gasteiger partial charge in [0, 0.05) is 22.4 Å². The van der Waals surface area contributed by atoms with Gasteiger partial charge >= 0.3 is 0 Å². The number of alkyl halides is 1. The van der Waals surface area contributed by atoms with Gasteiger partial charge in [0.25, 0.3) is 0 Å². The molecule has 2 heterocycles. The molecule has 172 valence electrons. The molecule has 0 amide bonds. The zero-order chi connectivity index (χ0) is 23.1. The van der Waals surface area contributed by atoms with Gasteiger partial charge in [-0.2, -0.15) is 0 Å². The topological polar surface area (TPSA) is 71.1 Å². The molecule has 2 aromatic carbocycles. The number of fused-ring (bicyclic) bond motifs is 1. The van der Waals surface area contributed by atoms with Crippen molar-refractivity contribution in [1.82, 2.24) is 0 Å². The van der Waals surface area contributed by atoms with Gasteiger partial charge in [-0.1, -0.05) is 28.9 Å². The number of hydrogen-bond acceptors (Lipinski definition) is 6. The minimum Gasteiger partial charge on any atom is -0.493 e. The number of rotatable bonds is 6. The van der Waals surface area contributed by atoms with Crippen LogP contribution in [-0.4, -0.2) is 32.6 Å². The predicted molar refractivity (Wildman–Crippen MR) is 126 cm³/mol. The molecule has 0 saturated carbocycles. The molecule has 2 aliphatic rings. The van der Waals surface area contributed by atoms with Gasteiger partial charge in [0.05, 0.1) is 29.1 Å². The Morgan fingerprint density at radius 2 is 1.78 bits per heavy atom. The van der Waals surface area contributed by atoms with E-state index in [1.807, 2.05) is 26.8 Å². The van der Waals surface area contributed by atoms with Crippen LogP contribution < -0.4 is 9.47 Å². The lowest BCUT2D eigenvalue weighted by Gasteiger charge is -2.47. The molecular formula is C24H27BrO6S. The first-order chi connectivity index (χ1) is 15.0. The minimum absolute atomic E-state index is 0.187. The molecule has 0 aromatic heterocycles. The molecule has 1 fully saturated rings. The summed E-state index contributed by atoms with van der Waals surface area (Å²) < 4.78 is 49.5. The van der Waals surface area contributed by atoms with Crippen molar-refractivity contribution >= 4 is 31.5 Å². The Labute approximate surface area is 197 Å². The number of halogens is 1. The van der Waals surface area contributed by atoms with Crippen LogP contribution in [0.15, 0.2) is 52.8 Å². The SMILES string of the molecule is CC1COC(C)(c2ccc3c(c2)S(=O)(=O)C=C3Oc2ccc(OCCBr)cc2)OC1(C)C. The molecule has 0 N–H and O–H groups in total. The van der Waals surface area contributed by atoms with E-state index in [9.17, 15) is 8.42 Å². The van der Waals surface area contributed by atoms with E-state index < -0.39 is 21.2 Å². The molecule has 2 aliphatic heterocycles. The molecule has 0 radical (unpaired) electrons. The average Bonchev–Trinajstić information content (AvgIpc) is 3.00. The van der Waals surface area contributed by atoms with E-state index in [0.717, 1.165) is 10.7 Å². The summed E-state index contributed by atoms with van der Waals surface area (Å²) in [6, 6.07) is 12.3. The fourth-order valence-corrected chi connectivity index (χ4v) is 5.25. The Bertz CT molecular complexity index is 1140. The highest BCUT2D eigenvalue weighted by Crippen LogP contribution is 2.43. The Hall–Kier alpha value is -1.87. The third-order valence-electron chi connectivity index (χ3n) is 5.99. The van der Waals surface area contributed by atoms with Gasteiger partial charge < -0.3 is 18.9 Å². The second-order valence-electron chi connectivity index (χ2n) is 8.71. The Kier molecular flexibility index (Phi) is 6.17. The molecule has 32 heavy (non-hydrogen) atoms. The van der Waals surface area contributed by atoms with Gasteiger partial charge in [-0.25, -0.2) is 8.42 Å². The van der Waals surface area contributed by atoms with Crippen molar-refractivity contribution in [2.75, 3.05) is 18.5 Å². The average molecular weight is 523 g/mol. The molecule has 6 nitrogen and oxygen atoms in total. The lowest BCUT2D eigenvalue weighted by atomic mass is 9.90. The lowest BCUT2D eigenvalue weighted by molar-refractivity contribution is -0.337. The van der Waals surface area contributed by atoms with Gasteiger partial charge in [0.1, 0.15) is 17.3 Å². The van der Waals surface area contributed by atoms with E-state index in [4.69, 9.17) is 18.9 Å². The molecule has 8 heteroatoms. The standard InChI is InChI=1S/C24H27BrO6S/c1-16-14-29-24(4,31-23(16,2)3)17-5-10-20-21(15-32(26,27)22(20)13-17)30-19-8-6-18(7-9-19)28-12-11-25/h5-10,13,15-16H,11-12,14H2,1-4H3. The van der Waals surface area contributed by atoms with Gasteiger partial charge in [0.2, 0.25) is 9.84 Å². The first-order valence-electron chi connectivity index (χ1n) is 10.5. The fraction of sp³-hybridized carbons (Fsp3) is 0.417. The highest BCUT2D eigenvalue weighted by atomic mass is 79.9. The van der Waals surface area contributed by atoms with E-state index in [-0.39, 0.29) is 16.6 Å². The molecular weight excluding hydrogens is 496 g/mol. The summed E-state index contributed by atoms with van der Waals surface area (Å²) in [7, 11) is -3.65. The van der Waals surface area contributed by atoms with Crippen LogP contribution in [0.3, 0.4) is 0 Å². The van der Waals surface area contributed by atoms with Gasteiger partial charge in [0.15, 0.2) is 5.79 Å². The minimum atomic E-state index is -3.65.